The molecule has 0 fully saturated rings. The molecule has 0 aliphatic carbocycles. The minimum atomic E-state index is -0.629. The summed E-state index contributed by atoms with van der Waals surface area (Å²) in [5.74, 6) is -0.228. The summed E-state index contributed by atoms with van der Waals surface area (Å²) < 4.78 is 0. The van der Waals surface area contributed by atoms with E-state index in [4.69, 9.17) is 11.6 Å². The summed E-state index contributed by atoms with van der Waals surface area (Å²) in [7, 11) is 0. The lowest BCUT2D eigenvalue weighted by Gasteiger charge is -2.32. The number of aryl methyl sites for hydroxylation is 1. The third-order valence-electron chi connectivity index (χ3n) is 5.50. The predicted molar refractivity (Wildman–Crippen MR) is 134 cm³/mol. The van der Waals surface area contributed by atoms with Crippen molar-refractivity contribution in [3.63, 3.8) is 0 Å². The van der Waals surface area contributed by atoms with Crippen LogP contribution in [0.4, 0.5) is 0 Å². The maximum absolute atomic E-state index is 13.6. The fourth-order valence-electron chi connectivity index (χ4n) is 3.85. The summed E-state index contributed by atoms with van der Waals surface area (Å²) in [6.07, 6.45) is 1.50. The van der Waals surface area contributed by atoms with E-state index in [1.807, 2.05) is 86.6 Å². The normalized spacial score (nSPS) is 11.6. The summed E-state index contributed by atoms with van der Waals surface area (Å²) in [5, 5.41) is 3.60. The molecule has 0 aliphatic rings. The van der Waals surface area contributed by atoms with E-state index < -0.39 is 6.04 Å². The van der Waals surface area contributed by atoms with Gasteiger partial charge in [-0.3, -0.25) is 9.59 Å². The van der Waals surface area contributed by atoms with Gasteiger partial charge in [0.2, 0.25) is 11.8 Å². The Bertz CT molecular complexity index is 1070. The van der Waals surface area contributed by atoms with Crippen LogP contribution in [-0.4, -0.2) is 29.3 Å². The number of rotatable bonds is 10. The monoisotopic (exact) mass is 462 g/mol. The number of nitrogens with zero attached hydrogens (tertiary/aromatic N) is 1. The smallest absolute Gasteiger partial charge is 0.243 e. The Labute approximate surface area is 201 Å². The molecular formula is C28H31ClN2O2. The Hall–Kier alpha value is -3.11. The Morgan fingerprint density at radius 2 is 1.61 bits per heavy atom. The van der Waals surface area contributed by atoms with Crippen molar-refractivity contribution in [2.75, 3.05) is 6.54 Å². The van der Waals surface area contributed by atoms with Crippen LogP contribution in [0.15, 0.2) is 78.9 Å². The van der Waals surface area contributed by atoms with Crippen molar-refractivity contribution in [2.24, 2.45) is 0 Å². The van der Waals surface area contributed by atoms with Crippen molar-refractivity contribution in [1.82, 2.24) is 10.2 Å². The molecule has 5 heteroatoms. The molecule has 33 heavy (non-hydrogen) atoms. The average Bonchev–Trinajstić information content (AvgIpc) is 2.80. The first kappa shape index (κ1) is 24.5. The second kappa shape index (κ2) is 12.2. The largest absolute Gasteiger partial charge is 0.354 e. The van der Waals surface area contributed by atoms with Gasteiger partial charge in [-0.05, 0) is 42.2 Å². The lowest BCUT2D eigenvalue weighted by atomic mass is 10.0. The fraction of sp³-hybridized carbons (Fsp3) is 0.286. The number of hydrogen-bond donors (Lipinski definition) is 1. The Morgan fingerprint density at radius 3 is 2.30 bits per heavy atom. The van der Waals surface area contributed by atoms with Gasteiger partial charge in [0, 0.05) is 24.5 Å². The molecule has 3 aromatic rings. The van der Waals surface area contributed by atoms with E-state index in [2.05, 4.69) is 5.32 Å². The molecular weight excluding hydrogens is 432 g/mol. The van der Waals surface area contributed by atoms with Crippen molar-refractivity contribution in [3.8, 4) is 0 Å². The van der Waals surface area contributed by atoms with E-state index in [1.165, 1.54) is 0 Å². The number of hydrogen-bond acceptors (Lipinski definition) is 2. The molecule has 0 spiro atoms. The van der Waals surface area contributed by atoms with E-state index in [0.29, 0.717) is 24.5 Å². The van der Waals surface area contributed by atoms with Crippen molar-refractivity contribution in [3.05, 3.63) is 106 Å². The standard InChI is InChI=1S/C28H31ClN2O2/c1-3-15-30-28(33)26(18-22-10-5-4-6-11-22)31(20-24-13-8-14-25(29)17-24)27(32)19-23-12-7-9-21(2)16-23/h4-14,16-17,26H,3,15,18-20H2,1-2H3,(H,30,33)/t26-/m1/s1. The minimum absolute atomic E-state index is 0.0897. The maximum Gasteiger partial charge on any atom is 0.243 e. The lowest BCUT2D eigenvalue weighted by Crippen LogP contribution is -2.51. The van der Waals surface area contributed by atoms with Crippen molar-refractivity contribution in [1.29, 1.82) is 0 Å². The molecule has 0 unspecified atom stereocenters. The number of amides is 2. The molecule has 1 N–H and O–H groups in total. The molecule has 0 radical (unpaired) electrons. The lowest BCUT2D eigenvalue weighted by molar-refractivity contribution is -0.140. The van der Waals surface area contributed by atoms with Gasteiger partial charge >= 0.3 is 0 Å². The highest BCUT2D eigenvalue weighted by Crippen LogP contribution is 2.19. The molecule has 0 saturated carbocycles. The highest BCUT2D eigenvalue weighted by molar-refractivity contribution is 6.30. The SMILES string of the molecule is CCCNC(=O)[C@@H](Cc1ccccc1)N(Cc1cccc(Cl)c1)C(=O)Cc1cccc(C)c1. The Morgan fingerprint density at radius 1 is 0.909 bits per heavy atom. The van der Waals surface area contributed by atoms with Crippen LogP contribution in [0.3, 0.4) is 0 Å². The van der Waals surface area contributed by atoms with Gasteiger partial charge in [0.1, 0.15) is 6.04 Å². The third-order valence-corrected chi connectivity index (χ3v) is 5.74. The van der Waals surface area contributed by atoms with Crippen LogP contribution in [0.2, 0.25) is 5.02 Å². The highest BCUT2D eigenvalue weighted by Gasteiger charge is 2.30. The molecule has 0 aromatic heterocycles. The van der Waals surface area contributed by atoms with Crippen LogP contribution >= 0.6 is 11.6 Å². The quantitative estimate of drug-likeness (QED) is 0.441. The maximum atomic E-state index is 13.6. The van der Waals surface area contributed by atoms with E-state index in [0.717, 1.165) is 28.7 Å². The zero-order valence-electron chi connectivity index (χ0n) is 19.3. The van der Waals surface area contributed by atoms with Crippen LogP contribution < -0.4 is 5.32 Å². The van der Waals surface area contributed by atoms with Crippen molar-refractivity contribution < 1.29 is 9.59 Å². The molecule has 1 atom stereocenters. The summed E-state index contributed by atoms with van der Waals surface area (Å²) in [5.41, 5.74) is 3.93. The minimum Gasteiger partial charge on any atom is -0.354 e. The average molecular weight is 463 g/mol. The molecule has 172 valence electrons. The molecule has 0 heterocycles. The fourth-order valence-corrected chi connectivity index (χ4v) is 4.06. The zero-order chi connectivity index (χ0) is 23.6. The van der Waals surface area contributed by atoms with Gasteiger partial charge in [-0.2, -0.15) is 0 Å². The first-order valence-electron chi connectivity index (χ1n) is 11.4. The summed E-state index contributed by atoms with van der Waals surface area (Å²) in [6.45, 7) is 4.90. The summed E-state index contributed by atoms with van der Waals surface area (Å²) >= 11 is 6.21. The number of benzene rings is 3. The van der Waals surface area contributed by atoms with Gasteiger partial charge in [-0.15, -0.1) is 0 Å². The second-order valence-corrected chi connectivity index (χ2v) is 8.75. The molecule has 4 nitrogen and oxygen atoms in total. The van der Waals surface area contributed by atoms with E-state index >= 15 is 0 Å². The third kappa shape index (κ3) is 7.47. The number of halogens is 1. The van der Waals surface area contributed by atoms with Gasteiger partial charge in [0.25, 0.3) is 0 Å². The van der Waals surface area contributed by atoms with E-state index in [-0.39, 0.29) is 18.2 Å². The summed E-state index contributed by atoms with van der Waals surface area (Å²) in [6, 6.07) is 24.6. The molecule has 0 saturated heterocycles. The first-order chi connectivity index (χ1) is 16.0. The molecule has 0 bridgehead atoms. The van der Waals surface area contributed by atoms with Crippen LogP contribution in [0.5, 0.6) is 0 Å². The van der Waals surface area contributed by atoms with Crippen molar-refractivity contribution in [2.45, 2.75) is 45.7 Å². The summed E-state index contributed by atoms with van der Waals surface area (Å²) in [4.78, 5) is 28.6. The predicted octanol–water partition coefficient (Wildman–Crippen LogP) is 5.36. The van der Waals surface area contributed by atoms with E-state index in [1.54, 1.807) is 11.0 Å². The molecule has 3 aromatic carbocycles. The Kier molecular flexibility index (Phi) is 9.08. The molecule has 3 rings (SSSR count). The topological polar surface area (TPSA) is 49.4 Å². The zero-order valence-corrected chi connectivity index (χ0v) is 20.0. The molecule has 2 amide bonds. The number of carbonyl (C=O) groups is 2. The van der Waals surface area contributed by atoms with Gasteiger partial charge in [0.05, 0.1) is 6.42 Å². The molecule has 0 aliphatic heterocycles. The number of nitrogens with one attached hydrogen (secondary N) is 1. The van der Waals surface area contributed by atoms with Gasteiger partial charge < -0.3 is 10.2 Å². The van der Waals surface area contributed by atoms with Gasteiger partial charge in [0.15, 0.2) is 0 Å². The number of carbonyl (C=O) groups excluding carboxylic acids is 2. The highest BCUT2D eigenvalue weighted by atomic mass is 35.5. The van der Waals surface area contributed by atoms with Crippen molar-refractivity contribution >= 4 is 23.4 Å². The first-order valence-corrected chi connectivity index (χ1v) is 11.7. The van der Waals surface area contributed by atoms with Gasteiger partial charge in [-0.1, -0.05) is 90.8 Å². The Balaban J connectivity index is 1.95. The van der Waals surface area contributed by atoms with Crippen LogP contribution in [0, 0.1) is 6.92 Å². The van der Waals surface area contributed by atoms with Crippen LogP contribution in [0.25, 0.3) is 0 Å². The van der Waals surface area contributed by atoms with Crippen LogP contribution in [-0.2, 0) is 29.0 Å². The second-order valence-electron chi connectivity index (χ2n) is 8.31. The van der Waals surface area contributed by atoms with E-state index in [9.17, 15) is 9.59 Å². The van der Waals surface area contributed by atoms with Gasteiger partial charge in [-0.25, -0.2) is 0 Å². The van der Waals surface area contributed by atoms with Crippen LogP contribution in [0.1, 0.15) is 35.6 Å².